The van der Waals surface area contributed by atoms with E-state index in [1.54, 1.807) is 0 Å². The molecule has 1 radical (unpaired) electrons. The second-order valence-corrected chi connectivity index (χ2v) is 6.29. The normalized spacial score (nSPS) is 12.3. The summed E-state index contributed by atoms with van der Waals surface area (Å²) >= 11 is 2.25. The molecular weight excluding hydrogens is 356 g/mol. The van der Waals surface area contributed by atoms with Crippen LogP contribution in [-0.4, -0.2) is 10.1 Å². The Morgan fingerprint density at radius 1 is 1.00 bits per heavy atom. The topological polar surface area (TPSA) is 12.9 Å². The van der Waals surface area contributed by atoms with Gasteiger partial charge in [-0.15, -0.1) is 22.4 Å². The Balaban J connectivity index is 2.54. The Labute approximate surface area is 139 Å². The summed E-state index contributed by atoms with van der Waals surface area (Å²) in [4.78, 5) is 4.53. The molecule has 1 aromatic rings. The summed E-state index contributed by atoms with van der Waals surface area (Å²) in [6.07, 6.45) is 14.2. The number of pyridine rings is 1. The third-order valence-electron chi connectivity index (χ3n) is 3.95. The largest absolute Gasteiger partial charge is 0.271 e. The predicted octanol–water partition coefficient (Wildman–Crippen LogP) is 5.40. The van der Waals surface area contributed by atoms with E-state index in [9.17, 15) is 0 Å². The lowest BCUT2D eigenvalue weighted by Crippen LogP contribution is -2.13. The highest BCUT2D eigenvalue weighted by atomic mass is 127. The first-order chi connectivity index (χ1) is 9.81. The summed E-state index contributed by atoms with van der Waals surface area (Å²) in [5.41, 5.74) is 2.52. The van der Waals surface area contributed by atoms with Crippen LogP contribution in [0.4, 0.5) is 0 Å². The van der Waals surface area contributed by atoms with Crippen molar-refractivity contribution in [1.82, 2.24) is 4.98 Å². The van der Waals surface area contributed by atoms with Gasteiger partial charge < -0.3 is 0 Å². The molecule has 20 heavy (non-hydrogen) atoms. The first-order valence-electron chi connectivity index (χ1n) is 8.21. The van der Waals surface area contributed by atoms with Crippen molar-refractivity contribution in [3.63, 3.8) is 0 Å². The zero-order chi connectivity index (χ0) is 14.6. The number of hydrogen-bond acceptors (Lipinski definition) is 1. The Morgan fingerprint density at radius 3 is 2.20 bits per heavy atom. The van der Waals surface area contributed by atoms with Crippen LogP contribution in [0.2, 0.25) is 0 Å². The maximum atomic E-state index is 4.53. The number of halogens is 1. The van der Waals surface area contributed by atoms with Crippen LogP contribution >= 0.6 is 22.4 Å². The van der Waals surface area contributed by atoms with Crippen molar-refractivity contribution in [2.45, 2.75) is 77.6 Å². The van der Waals surface area contributed by atoms with Crippen LogP contribution in [0.3, 0.4) is 0 Å². The number of unbranched alkanes of at least 4 members (excludes halogenated alkanes) is 5. The van der Waals surface area contributed by atoms with Crippen molar-refractivity contribution in [2.24, 2.45) is 0 Å². The molecule has 1 heterocycles. The van der Waals surface area contributed by atoms with Crippen molar-refractivity contribution in [3.8, 4) is 0 Å². The molecule has 0 fully saturated rings. The molecule has 111 valence electrons. The van der Waals surface area contributed by atoms with E-state index < -0.39 is 0 Å². The number of aromatic nitrogens is 1. The van der Waals surface area contributed by atoms with E-state index in [0.717, 1.165) is 5.59 Å². The second kappa shape index (κ2) is 11.6. The minimum atomic E-state index is 0.717. The van der Waals surface area contributed by atoms with Crippen molar-refractivity contribution in [2.75, 3.05) is 0 Å². The zero-order valence-corrected chi connectivity index (χ0v) is 15.2. The van der Waals surface area contributed by atoms with E-state index in [4.69, 9.17) is 0 Å². The summed E-state index contributed by atoms with van der Waals surface area (Å²) < 4.78 is 0. The maximum Gasteiger partial charge on any atom is 0.263 e. The SMILES string of the molecule is CCCCCCC(CCCCC)c1ccc([B]I)nc1. The van der Waals surface area contributed by atoms with Gasteiger partial charge in [0.1, 0.15) is 0 Å². The van der Waals surface area contributed by atoms with E-state index in [1.807, 2.05) is 5.14 Å². The molecule has 0 aromatic carbocycles. The molecular formula is C17H28BIN. The van der Waals surface area contributed by atoms with E-state index in [-0.39, 0.29) is 0 Å². The fraction of sp³-hybridized carbons (Fsp3) is 0.706. The van der Waals surface area contributed by atoms with Crippen LogP contribution in [0, 0.1) is 0 Å². The molecule has 0 aliphatic rings. The lowest BCUT2D eigenvalue weighted by atomic mass is 9.88. The van der Waals surface area contributed by atoms with E-state index in [2.05, 4.69) is 59.5 Å². The van der Waals surface area contributed by atoms with Crippen molar-refractivity contribution < 1.29 is 0 Å². The van der Waals surface area contributed by atoms with Gasteiger partial charge in [0.25, 0.3) is 5.14 Å². The molecule has 0 N–H and O–H groups in total. The molecule has 1 unspecified atom stereocenters. The van der Waals surface area contributed by atoms with Gasteiger partial charge in [-0.05, 0) is 30.4 Å². The van der Waals surface area contributed by atoms with Gasteiger partial charge in [0.05, 0.1) is 0 Å². The molecule has 3 heteroatoms. The van der Waals surface area contributed by atoms with Gasteiger partial charge >= 0.3 is 0 Å². The Morgan fingerprint density at radius 2 is 1.65 bits per heavy atom. The van der Waals surface area contributed by atoms with Gasteiger partial charge in [0.2, 0.25) is 0 Å². The van der Waals surface area contributed by atoms with Crippen LogP contribution in [0.25, 0.3) is 0 Å². The van der Waals surface area contributed by atoms with Crippen LogP contribution in [0.15, 0.2) is 18.3 Å². The molecule has 0 amide bonds. The lowest BCUT2D eigenvalue weighted by Gasteiger charge is -2.17. The average Bonchev–Trinajstić information content (AvgIpc) is 2.50. The second-order valence-electron chi connectivity index (χ2n) is 5.67. The quantitative estimate of drug-likeness (QED) is 0.283. The molecule has 1 atom stereocenters. The maximum absolute atomic E-state index is 4.53. The Bertz CT molecular complexity index is 339. The average molecular weight is 384 g/mol. The first-order valence-corrected chi connectivity index (χ1v) is 9.45. The fourth-order valence-corrected chi connectivity index (χ4v) is 3.03. The summed E-state index contributed by atoms with van der Waals surface area (Å²) in [6.45, 7) is 4.56. The molecule has 1 aromatic heterocycles. The minimum Gasteiger partial charge on any atom is -0.271 e. The van der Waals surface area contributed by atoms with Crippen LogP contribution in [0.5, 0.6) is 0 Å². The Hall–Kier alpha value is -0.0551. The molecule has 0 saturated carbocycles. The standard InChI is InChI=1S/C17H28BIN/c1-3-5-7-9-11-15(10-8-6-4-2)16-12-13-17(18-19)20-14-16/h12-15H,3-11H2,1-2H3. The number of nitrogens with zero attached hydrogens (tertiary/aromatic N) is 1. The van der Waals surface area contributed by atoms with Gasteiger partial charge in [-0.25, -0.2) is 0 Å². The van der Waals surface area contributed by atoms with Gasteiger partial charge in [0, 0.05) is 11.8 Å². The number of rotatable bonds is 11. The van der Waals surface area contributed by atoms with Gasteiger partial charge in [0.15, 0.2) is 0 Å². The summed E-state index contributed by atoms with van der Waals surface area (Å²) in [5.74, 6) is 0.717. The van der Waals surface area contributed by atoms with Crippen molar-refractivity contribution >= 4 is 33.1 Å². The molecule has 1 rings (SSSR count). The van der Waals surface area contributed by atoms with Crippen LogP contribution in [-0.2, 0) is 0 Å². The summed E-state index contributed by atoms with van der Waals surface area (Å²) in [7, 11) is 0. The summed E-state index contributed by atoms with van der Waals surface area (Å²) in [5, 5.41) is 2.04. The van der Waals surface area contributed by atoms with Crippen molar-refractivity contribution in [1.29, 1.82) is 0 Å². The minimum absolute atomic E-state index is 0.717. The van der Waals surface area contributed by atoms with E-state index >= 15 is 0 Å². The molecule has 0 saturated heterocycles. The van der Waals surface area contributed by atoms with Crippen LogP contribution in [0.1, 0.15) is 83.1 Å². The third-order valence-corrected chi connectivity index (χ3v) is 4.59. The van der Waals surface area contributed by atoms with Crippen molar-refractivity contribution in [3.05, 3.63) is 23.9 Å². The fourth-order valence-electron chi connectivity index (χ4n) is 2.66. The number of hydrogen-bond donors (Lipinski definition) is 0. The monoisotopic (exact) mass is 384 g/mol. The van der Waals surface area contributed by atoms with E-state index in [1.165, 1.54) is 63.4 Å². The molecule has 0 aliphatic heterocycles. The lowest BCUT2D eigenvalue weighted by molar-refractivity contribution is 0.500. The Kier molecular flexibility index (Phi) is 10.4. The molecule has 1 nitrogen and oxygen atoms in total. The summed E-state index contributed by atoms with van der Waals surface area (Å²) in [6, 6.07) is 4.44. The van der Waals surface area contributed by atoms with Gasteiger partial charge in [-0.1, -0.05) is 64.9 Å². The zero-order valence-electron chi connectivity index (χ0n) is 13.1. The van der Waals surface area contributed by atoms with Gasteiger partial charge in [-0.2, -0.15) is 0 Å². The highest BCUT2D eigenvalue weighted by Gasteiger charge is 2.11. The molecule has 0 aliphatic carbocycles. The highest BCUT2D eigenvalue weighted by Crippen LogP contribution is 2.27. The molecule has 0 spiro atoms. The smallest absolute Gasteiger partial charge is 0.263 e. The van der Waals surface area contributed by atoms with Crippen LogP contribution < -0.4 is 5.59 Å². The van der Waals surface area contributed by atoms with Gasteiger partial charge in [-0.3, -0.25) is 4.98 Å². The van der Waals surface area contributed by atoms with E-state index in [0.29, 0.717) is 5.92 Å². The molecule has 0 bridgehead atoms. The predicted molar refractivity (Wildman–Crippen MR) is 99.3 cm³/mol. The highest BCUT2D eigenvalue weighted by molar-refractivity contribution is 14.1. The third kappa shape index (κ3) is 7.10. The first kappa shape index (κ1) is 18.0.